The Hall–Kier alpha value is -2.02. The molecule has 0 aliphatic carbocycles. The summed E-state index contributed by atoms with van der Waals surface area (Å²) < 4.78 is 13.5. The number of nitrogens with one attached hydrogen (secondary N) is 1. The molecule has 2 aliphatic heterocycles. The number of thioether (sulfide) groups is 1. The van der Waals surface area contributed by atoms with Crippen LogP contribution in [0.3, 0.4) is 0 Å². The Balaban J connectivity index is 1.71. The summed E-state index contributed by atoms with van der Waals surface area (Å²) >= 11 is 1.27. The molecule has 0 aromatic heterocycles. The summed E-state index contributed by atoms with van der Waals surface area (Å²) in [6, 6.07) is 6.52. The van der Waals surface area contributed by atoms with E-state index in [0.29, 0.717) is 22.1 Å². The van der Waals surface area contributed by atoms with Crippen LogP contribution >= 0.6 is 11.8 Å². The summed E-state index contributed by atoms with van der Waals surface area (Å²) in [5, 5.41) is 10.6. The lowest BCUT2D eigenvalue weighted by Crippen LogP contribution is -2.37. The molecule has 0 spiro atoms. The van der Waals surface area contributed by atoms with E-state index in [1.54, 1.807) is 18.2 Å². The van der Waals surface area contributed by atoms with Crippen LogP contribution in [0.4, 0.5) is 4.39 Å². The summed E-state index contributed by atoms with van der Waals surface area (Å²) in [7, 11) is 0. The van der Waals surface area contributed by atoms with Crippen LogP contribution in [0.1, 0.15) is 5.56 Å². The third-order valence-electron chi connectivity index (χ3n) is 2.70. The maximum Gasteiger partial charge on any atom is 0.258 e. The van der Waals surface area contributed by atoms with Crippen LogP contribution in [0.15, 0.2) is 51.3 Å². The molecule has 1 amide bonds. The SMILES string of the molecule is O=C1NC(SCc2ccccc2F)=NC2N=NC=C12. The van der Waals surface area contributed by atoms with Gasteiger partial charge in [0.15, 0.2) is 11.3 Å². The van der Waals surface area contributed by atoms with E-state index in [9.17, 15) is 9.18 Å². The predicted molar refractivity (Wildman–Crippen MR) is 70.0 cm³/mol. The largest absolute Gasteiger partial charge is 0.301 e. The lowest BCUT2D eigenvalue weighted by molar-refractivity contribution is -0.116. The second-order valence-electron chi connectivity index (χ2n) is 3.96. The number of halogens is 1. The first-order chi connectivity index (χ1) is 9.24. The number of nitrogens with zero attached hydrogens (tertiary/aromatic N) is 3. The molecular formula is C12H9FN4OS. The Morgan fingerprint density at radius 1 is 1.37 bits per heavy atom. The van der Waals surface area contributed by atoms with E-state index < -0.39 is 6.17 Å². The number of fused-ring (bicyclic) bond motifs is 1. The van der Waals surface area contributed by atoms with Gasteiger partial charge in [0.05, 0.1) is 11.8 Å². The molecule has 5 nitrogen and oxygen atoms in total. The lowest BCUT2D eigenvalue weighted by Gasteiger charge is -2.17. The van der Waals surface area contributed by atoms with E-state index in [1.807, 2.05) is 0 Å². The van der Waals surface area contributed by atoms with Crippen molar-refractivity contribution in [1.29, 1.82) is 0 Å². The van der Waals surface area contributed by atoms with Crippen LogP contribution in [-0.2, 0) is 10.5 Å². The Labute approximate surface area is 112 Å². The highest BCUT2D eigenvalue weighted by atomic mass is 32.2. The average molecular weight is 276 g/mol. The molecule has 3 rings (SSSR count). The number of hydrogen-bond acceptors (Lipinski definition) is 5. The van der Waals surface area contributed by atoms with Crippen LogP contribution in [0.2, 0.25) is 0 Å². The molecule has 0 bridgehead atoms. The number of carbonyl (C=O) groups excluding carboxylic acids is 1. The van der Waals surface area contributed by atoms with Crippen molar-refractivity contribution in [2.45, 2.75) is 11.9 Å². The number of carbonyl (C=O) groups is 1. The lowest BCUT2D eigenvalue weighted by atomic mass is 10.2. The smallest absolute Gasteiger partial charge is 0.258 e. The number of benzene rings is 1. The molecule has 1 aromatic carbocycles. The van der Waals surface area contributed by atoms with Crippen LogP contribution in [0, 0.1) is 5.82 Å². The molecule has 2 aliphatic rings. The van der Waals surface area contributed by atoms with Crippen molar-refractivity contribution >= 4 is 22.8 Å². The number of azo groups is 1. The van der Waals surface area contributed by atoms with Crippen molar-refractivity contribution in [2.75, 3.05) is 0 Å². The van der Waals surface area contributed by atoms with Gasteiger partial charge in [0.25, 0.3) is 5.91 Å². The summed E-state index contributed by atoms with van der Waals surface area (Å²) in [5.74, 6) is -0.116. The van der Waals surface area contributed by atoms with Gasteiger partial charge in [-0.3, -0.25) is 4.79 Å². The van der Waals surface area contributed by atoms with Gasteiger partial charge in [-0.25, -0.2) is 9.38 Å². The minimum absolute atomic E-state index is 0.249. The van der Waals surface area contributed by atoms with Crippen molar-refractivity contribution in [2.24, 2.45) is 15.2 Å². The van der Waals surface area contributed by atoms with Crippen LogP contribution in [-0.4, -0.2) is 17.2 Å². The van der Waals surface area contributed by atoms with E-state index in [2.05, 4.69) is 20.5 Å². The highest BCUT2D eigenvalue weighted by Crippen LogP contribution is 2.24. The summed E-state index contributed by atoms with van der Waals surface area (Å²) in [4.78, 5) is 15.9. The zero-order valence-corrected chi connectivity index (χ0v) is 10.5. The molecule has 1 unspecified atom stereocenters. The van der Waals surface area contributed by atoms with Gasteiger partial charge in [-0.05, 0) is 11.6 Å². The predicted octanol–water partition coefficient (Wildman–Crippen LogP) is 2.22. The zero-order valence-electron chi connectivity index (χ0n) is 9.71. The molecule has 0 fully saturated rings. The van der Waals surface area contributed by atoms with Gasteiger partial charge in [-0.1, -0.05) is 30.0 Å². The molecule has 1 atom stereocenters. The minimum atomic E-state index is -0.545. The van der Waals surface area contributed by atoms with Crippen LogP contribution in [0.25, 0.3) is 0 Å². The van der Waals surface area contributed by atoms with Crippen molar-refractivity contribution in [3.05, 3.63) is 47.4 Å². The molecule has 0 saturated heterocycles. The fraction of sp³-hybridized carbons (Fsp3) is 0.167. The van der Waals surface area contributed by atoms with Gasteiger partial charge in [-0.15, -0.1) is 0 Å². The van der Waals surface area contributed by atoms with E-state index in [4.69, 9.17) is 0 Å². The zero-order chi connectivity index (χ0) is 13.2. The number of hydrogen-bond donors (Lipinski definition) is 1. The second kappa shape index (κ2) is 4.93. The average Bonchev–Trinajstić information content (AvgIpc) is 2.87. The third-order valence-corrected chi connectivity index (χ3v) is 3.63. The second-order valence-corrected chi connectivity index (χ2v) is 4.92. The molecule has 19 heavy (non-hydrogen) atoms. The van der Waals surface area contributed by atoms with E-state index in [-0.39, 0.29) is 11.7 Å². The maximum absolute atomic E-state index is 13.5. The van der Waals surface area contributed by atoms with Crippen molar-refractivity contribution < 1.29 is 9.18 Å². The Kier molecular flexibility index (Phi) is 3.12. The Morgan fingerprint density at radius 3 is 3.05 bits per heavy atom. The first-order valence-corrected chi connectivity index (χ1v) is 6.58. The molecule has 0 radical (unpaired) electrons. The monoisotopic (exact) mass is 276 g/mol. The minimum Gasteiger partial charge on any atom is -0.301 e. The molecule has 96 valence electrons. The van der Waals surface area contributed by atoms with Crippen molar-refractivity contribution in [3.63, 3.8) is 0 Å². The van der Waals surface area contributed by atoms with Crippen LogP contribution in [0.5, 0.6) is 0 Å². The van der Waals surface area contributed by atoms with E-state index in [1.165, 1.54) is 24.0 Å². The van der Waals surface area contributed by atoms with Gasteiger partial charge in [0.1, 0.15) is 5.82 Å². The molecule has 2 heterocycles. The highest BCUT2D eigenvalue weighted by molar-refractivity contribution is 8.13. The van der Waals surface area contributed by atoms with Gasteiger partial charge < -0.3 is 5.32 Å². The number of rotatable bonds is 2. The van der Waals surface area contributed by atoms with E-state index in [0.717, 1.165) is 0 Å². The number of amides is 1. The fourth-order valence-electron chi connectivity index (χ4n) is 1.71. The fourth-order valence-corrected chi connectivity index (χ4v) is 2.57. The number of amidine groups is 1. The summed E-state index contributed by atoms with van der Waals surface area (Å²) in [6.07, 6.45) is 0.860. The van der Waals surface area contributed by atoms with Gasteiger partial charge in [-0.2, -0.15) is 10.2 Å². The standard InChI is InChI=1S/C12H9FN4OS/c13-9-4-2-1-3-7(9)6-19-12-15-10-8(5-14-17-10)11(18)16-12/h1-5,10H,6H2,(H,15,16,18). The first kappa shape index (κ1) is 12.0. The van der Waals surface area contributed by atoms with Gasteiger partial charge >= 0.3 is 0 Å². The molecule has 1 aromatic rings. The quantitative estimate of drug-likeness (QED) is 0.900. The Morgan fingerprint density at radius 2 is 2.21 bits per heavy atom. The third kappa shape index (κ3) is 2.41. The van der Waals surface area contributed by atoms with E-state index >= 15 is 0 Å². The molecular weight excluding hydrogens is 267 g/mol. The molecule has 0 saturated carbocycles. The normalized spacial score (nSPS) is 20.7. The van der Waals surface area contributed by atoms with Gasteiger partial charge in [0, 0.05) is 5.75 Å². The van der Waals surface area contributed by atoms with Crippen molar-refractivity contribution in [3.8, 4) is 0 Å². The maximum atomic E-state index is 13.5. The Bertz CT molecular complexity index is 626. The topological polar surface area (TPSA) is 66.2 Å². The molecule has 7 heteroatoms. The summed E-state index contributed by atoms with van der Waals surface area (Å²) in [6.45, 7) is 0. The van der Waals surface area contributed by atoms with Crippen LogP contribution < -0.4 is 5.32 Å². The molecule has 1 N–H and O–H groups in total. The first-order valence-electron chi connectivity index (χ1n) is 5.59. The van der Waals surface area contributed by atoms with Gasteiger partial charge in [0.2, 0.25) is 0 Å². The summed E-state index contributed by atoms with van der Waals surface area (Å²) in [5.41, 5.74) is 1.01. The number of aliphatic imine (C=N–C) groups is 1. The highest BCUT2D eigenvalue weighted by Gasteiger charge is 2.29. The van der Waals surface area contributed by atoms with Crippen molar-refractivity contribution in [1.82, 2.24) is 5.32 Å².